The third-order valence-corrected chi connectivity index (χ3v) is 3.62. The highest BCUT2D eigenvalue weighted by molar-refractivity contribution is 5.19. The van der Waals surface area contributed by atoms with Crippen LogP contribution in [0.2, 0.25) is 0 Å². The molecule has 1 aliphatic heterocycles. The molecule has 2 rings (SSSR count). The Morgan fingerprint density at radius 2 is 2.06 bits per heavy atom. The first-order chi connectivity index (χ1) is 8.72. The van der Waals surface area contributed by atoms with Crippen LogP contribution in [0, 0.1) is 5.92 Å². The lowest BCUT2D eigenvalue weighted by atomic mass is 9.83. The lowest BCUT2D eigenvalue weighted by Crippen LogP contribution is -2.39. The lowest BCUT2D eigenvalue weighted by Gasteiger charge is -2.39. The summed E-state index contributed by atoms with van der Waals surface area (Å²) in [5, 5.41) is 10.3. The highest BCUT2D eigenvalue weighted by Gasteiger charge is 2.36. The normalized spacial score (nSPS) is 32.4. The van der Waals surface area contributed by atoms with Crippen molar-refractivity contribution >= 4 is 0 Å². The Hall–Kier alpha value is -0.900. The monoisotopic (exact) mass is 250 g/mol. The summed E-state index contributed by atoms with van der Waals surface area (Å²) in [5.41, 5.74) is 1.14. The molecule has 0 spiro atoms. The number of hydrogen-bond donors (Lipinski definition) is 1. The Morgan fingerprint density at radius 1 is 1.33 bits per heavy atom. The van der Waals surface area contributed by atoms with Crippen LogP contribution in [0.3, 0.4) is 0 Å². The molecule has 18 heavy (non-hydrogen) atoms. The Kier molecular flexibility index (Phi) is 4.75. The SMILES string of the molecule is COCC[C@@H]1[C@@H](O)C[C@@H](C)O[C@H]1c1ccccc1. The molecule has 100 valence electrons. The molecule has 1 aliphatic rings. The second-order valence-electron chi connectivity index (χ2n) is 5.03. The van der Waals surface area contributed by atoms with Crippen molar-refractivity contribution < 1.29 is 14.6 Å². The van der Waals surface area contributed by atoms with Crippen molar-refractivity contribution in [3.8, 4) is 0 Å². The van der Waals surface area contributed by atoms with Crippen LogP contribution in [0.1, 0.15) is 31.4 Å². The van der Waals surface area contributed by atoms with E-state index in [0.29, 0.717) is 13.0 Å². The fraction of sp³-hybridized carbons (Fsp3) is 0.600. The Labute approximate surface area is 109 Å². The van der Waals surface area contributed by atoms with E-state index in [1.54, 1.807) is 7.11 Å². The van der Waals surface area contributed by atoms with Crippen molar-refractivity contribution in [1.29, 1.82) is 0 Å². The van der Waals surface area contributed by atoms with E-state index >= 15 is 0 Å². The predicted octanol–water partition coefficient (Wildman–Crippen LogP) is 2.55. The van der Waals surface area contributed by atoms with Crippen molar-refractivity contribution in [2.45, 2.75) is 38.1 Å². The molecule has 3 nitrogen and oxygen atoms in total. The molecule has 0 radical (unpaired) electrons. The first-order valence-corrected chi connectivity index (χ1v) is 6.59. The third kappa shape index (κ3) is 3.10. The maximum atomic E-state index is 10.3. The molecule has 1 aromatic rings. The average Bonchev–Trinajstić information content (AvgIpc) is 2.38. The van der Waals surface area contributed by atoms with Gasteiger partial charge >= 0.3 is 0 Å². The van der Waals surface area contributed by atoms with E-state index in [1.165, 1.54) is 0 Å². The minimum atomic E-state index is -0.311. The number of methoxy groups -OCH3 is 1. The largest absolute Gasteiger partial charge is 0.393 e. The first-order valence-electron chi connectivity index (χ1n) is 6.59. The zero-order chi connectivity index (χ0) is 13.0. The highest BCUT2D eigenvalue weighted by Crippen LogP contribution is 2.38. The van der Waals surface area contributed by atoms with E-state index in [0.717, 1.165) is 12.0 Å². The summed E-state index contributed by atoms with van der Waals surface area (Å²) >= 11 is 0. The van der Waals surface area contributed by atoms with Crippen LogP contribution >= 0.6 is 0 Å². The molecule has 0 aromatic heterocycles. The van der Waals surface area contributed by atoms with Crippen molar-refractivity contribution in [3.05, 3.63) is 35.9 Å². The van der Waals surface area contributed by atoms with Gasteiger partial charge in [0.15, 0.2) is 0 Å². The number of rotatable bonds is 4. The lowest BCUT2D eigenvalue weighted by molar-refractivity contribution is -0.137. The fourth-order valence-electron chi connectivity index (χ4n) is 2.69. The molecule has 1 N–H and O–H groups in total. The van der Waals surface area contributed by atoms with Gasteiger partial charge in [0.25, 0.3) is 0 Å². The van der Waals surface area contributed by atoms with E-state index in [4.69, 9.17) is 9.47 Å². The molecule has 0 saturated carbocycles. The minimum Gasteiger partial charge on any atom is -0.393 e. The highest BCUT2D eigenvalue weighted by atomic mass is 16.5. The molecule has 4 atom stereocenters. The summed E-state index contributed by atoms with van der Waals surface area (Å²) in [6, 6.07) is 10.1. The Balaban J connectivity index is 2.16. The van der Waals surface area contributed by atoms with Crippen LogP contribution in [0.5, 0.6) is 0 Å². The fourth-order valence-corrected chi connectivity index (χ4v) is 2.69. The molecule has 1 heterocycles. The van der Waals surface area contributed by atoms with Gasteiger partial charge in [-0.2, -0.15) is 0 Å². The molecule has 1 aromatic carbocycles. The van der Waals surface area contributed by atoms with Crippen LogP contribution in [0.4, 0.5) is 0 Å². The summed E-state index contributed by atoms with van der Waals surface area (Å²) in [6.45, 7) is 2.68. The number of hydrogen-bond acceptors (Lipinski definition) is 3. The number of ether oxygens (including phenoxy) is 2. The summed E-state index contributed by atoms with van der Waals surface area (Å²) < 4.78 is 11.2. The van der Waals surface area contributed by atoms with Crippen LogP contribution in [0.15, 0.2) is 30.3 Å². The quantitative estimate of drug-likeness (QED) is 0.892. The van der Waals surface area contributed by atoms with Gasteiger partial charge in [0, 0.05) is 19.6 Å². The molecular weight excluding hydrogens is 228 g/mol. The van der Waals surface area contributed by atoms with Gasteiger partial charge < -0.3 is 14.6 Å². The van der Waals surface area contributed by atoms with Gasteiger partial charge in [-0.15, -0.1) is 0 Å². The van der Waals surface area contributed by atoms with Crippen LogP contribution in [-0.2, 0) is 9.47 Å². The van der Waals surface area contributed by atoms with E-state index in [2.05, 4.69) is 12.1 Å². The molecule has 1 fully saturated rings. The van der Waals surface area contributed by atoms with Gasteiger partial charge in [0.05, 0.1) is 18.3 Å². The standard InChI is InChI=1S/C15H22O3/c1-11-10-14(16)13(8-9-17-2)15(18-11)12-6-4-3-5-7-12/h3-7,11,13-16H,8-10H2,1-2H3/t11-,13-,14+,15+/m1/s1. The van der Waals surface area contributed by atoms with E-state index < -0.39 is 0 Å². The average molecular weight is 250 g/mol. The van der Waals surface area contributed by atoms with Crippen molar-refractivity contribution in [3.63, 3.8) is 0 Å². The van der Waals surface area contributed by atoms with Gasteiger partial charge in [-0.25, -0.2) is 0 Å². The second-order valence-corrected chi connectivity index (χ2v) is 5.03. The zero-order valence-electron chi connectivity index (χ0n) is 11.1. The number of aliphatic hydroxyl groups is 1. The third-order valence-electron chi connectivity index (χ3n) is 3.62. The summed E-state index contributed by atoms with van der Waals surface area (Å²) in [4.78, 5) is 0. The van der Waals surface area contributed by atoms with Gasteiger partial charge in [-0.3, -0.25) is 0 Å². The maximum absolute atomic E-state index is 10.3. The molecule has 0 bridgehead atoms. The van der Waals surface area contributed by atoms with Crippen LogP contribution in [0.25, 0.3) is 0 Å². The summed E-state index contributed by atoms with van der Waals surface area (Å²) in [7, 11) is 1.69. The zero-order valence-corrected chi connectivity index (χ0v) is 11.1. The predicted molar refractivity (Wildman–Crippen MR) is 70.3 cm³/mol. The molecule has 0 unspecified atom stereocenters. The van der Waals surface area contributed by atoms with Crippen molar-refractivity contribution in [2.75, 3.05) is 13.7 Å². The molecule has 0 amide bonds. The Morgan fingerprint density at radius 3 is 2.72 bits per heavy atom. The van der Waals surface area contributed by atoms with E-state index in [9.17, 15) is 5.11 Å². The molecule has 1 saturated heterocycles. The number of benzene rings is 1. The van der Waals surface area contributed by atoms with Gasteiger partial charge in [-0.1, -0.05) is 30.3 Å². The summed E-state index contributed by atoms with van der Waals surface area (Å²) in [5.74, 6) is 0.114. The van der Waals surface area contributed by atoms with Crippen molar-refractivity contribution in [1.82, 2.24) is 0 Å². The number of aliphatic hydroxyl groups excluding tert-OH is 1. The van der Waals surface area contributed by atoms with Gasteiger partial charge in [0.1, 0.15) is 0 Å². The van der Waals surface area contributed by atoms with E-state index in [1.807, 2.05) is 25.1 Å². The molecule has 3 heteroatoms. The van der Waals surface area contributed by atoms with Crippen LogP contribution in [-0.4, -0.2) is 31.0 Å². The first kappa shape index (κ1) is 13.5. The van der Waals surface area contributed by atoms with Gasteiger partial charge in [-0.05, 0) is 25.3 Å². The smallest absolute Gasteiger partial charge is 0.0882 e. The molecular formula is C15H22O3. The summed E-state index contributed by atoms with van der Waals surface area (Å²) in [6.07, 6.45) is 1.29. The van der Waals surface area contributed by atoms with E-state index in [-0.39, 0.29) is 24.2 Å². The minimum absolute atomic E-state index is 0.0277. The Bertz CT molecular complexity index is 352. The maximum Gasteiger partial charge on any atom is 0.0882 e. The van der Waals surface area contributed by atoms with Crippen molar-refractivity contribution in [2.24, 2.45) is 5.92 Å². The topological polar surface area (TPSA) is 38.7 Å². The van der Waals surface area contributed by atoms with Gasteiger partial charge in [0.2, 0.25) is 0 Å². The molecule has 0 aliphatic carbocycles. The second kappa shape index (κ2) is 6.32. The van der Waals surface area contributed by atoms with Crippen LogP contribution < -0.4 is 0 Å².